The molecular formula is C26H27NO3S2. The number of H-pyrrole nitrogens is 1. The summed E-state index contributed by atoms with van der Waals surface area (Å²) in [6, 6.07) is 20.1. The van der Waals surface area contributed by atoms with Crippen molar-refractivity contribution in [1.29, 1.82) is 0 Å². The highest BCUT2D eigenvalue weighted by Crippen LogP contribution is 2.36. The fourth-order valence-corrected chi connectivity index (χ4v) is 5.69. The third-order valence-corrected chi connectivity index (χ3v) is 7.82. The average Bonchev–Trinajstić information content (AvgIpc) is 3.44. The maximum absolute atomic E-state index is 12.9. The number of para-hydroxylation sites is 1. The van der Waals surface area contributed by atoms with E-state index in [1.54, 1.807) is 11.3 Å². The molecule has 166 valence electrons. The van der Waals surface area contributed by atoms with Crippen molar-refractivity contribution in [2.45, 2.75) is 31.6 Å². The molecule has 4 nitrogen and oxygen atoms in total. The number of fused-ring (bicyclic) bond motifs is 1. The summed E-state index contributed by atoms with van der Waals surface area (Å²) in [5, 5.41) is 3.29. The highest BCUT2D eigenvalue weighted by atomic mass is 32.2. The average molecular weight is 466 g/mol. The zero-order valence-corrected chi connectivity index (χ0v) is 19.7. The molecule has 0 bridgehead atoms. The number of carbonyl (C=O) groups excluding carboxylic acids is 1. The third kappa shape index (κ3) is 5.56. The van der Waals surface area contributed by atoms with E-state index in [1.807, 2.05) is 36.4 Å². The van der Waals surface area contributed by atoms with Gasteiger partial charge in [0.1, 0.15) is 9.84 Å². The number of aryl methyl sites for hydroxylation is 1. The first-order chi connectivity index (χ1) is 15.4. The van der Waals surface area contributed by atoms with Crippen molar-refractivity contribution in [2.24, 2.45) is 0 Å². The minimum atomic E-state index is -2.94. The van der Waals surface area contributed by atoms with E-state index in [-0.39, 0.29) is 17.5 Å². The fourth-order valence-electron chi connectivity index (χ4n) is 4.14. The minimum absolute atomic E-state index is 0.133. The second kappa shape index (κ2) is 9.84. The summed E-state index contributed by atoms with van der Waals surface area (Å²) >= 11 is 1.73. The third-order valence-electron chi connectivity index (χ3n) is 5.80. The summed E-state index contributed by atoms with van der Waals surface area (Å²) in [5.41, 5.74) is 4.11. The van der Waals surface area contributed by atoms with Gasteiger partial charge >= 0.3 is 0 Å². The number of rotatable bonds is 10. The molecule has 0 unspecified atom stereocenters. The van der Waals surface area contributed by atoms with Crippen LogP contribution in [0.25, 0.3) is 10.9 Å². The molecule has 4 rings (SSSR count). The number of nitrogens with one attached hydrogen (secondary N) is 1. The van der Waals surface area contributed by atoms with Crippen LogP contribution >= 0.6 is 11.3 Å². The van der Waals surface area contributed by atoms with Crippen molar-refractivity contribution in [3.05, 3.63) is 93.8 Å². The van der Waals surface area contributed by atoms with E-state index in [9.17, 15) is 13.2 Å². The Kier molecular flexibility index (Phi) is 6.92. The van der Waals surface area contributed by atoms with Gasteiger partial charge in [0.25, 0.3) is 0 Å². The maximum atomic E-state index is 12.9. The molecular weight excluding hydrogens is 438 g/mol. The van der Waals surface area contributed by atoms with Crippen LogP contribution in [0.3, 0.4) is 0 Å². The quantitative estimate of drug-likeness (QED) is 0.292. The molecule has 6 heteroatoms. The second-order valence-electron chi connectivity index (χ2n) is 8.25. The number of thiophene rings is 1. The predicted octanol–water partition coefficient (Wildman–Crippen LogP) is 6.00. The van der Waals surface area contributed by atoms with Crippen molar-refractivity contribution in [3.63, 3.8) is 0 Å². The van der Waals surface area contributed by atoms with Crippen LogP contribution in [-0.4, -0.2) is 31.2 Å². The van der Waals surface area contributed by atoms with Crippen LogP contribution in [0.2, 0.25) is 0 Å². The molecule has 32 heavy (non-hydrogen) atoms. The number of aromatic nitrogens is 1. The maximum Gasteiger partial charge on any atom is 0.162 e. The van der Waals surface area contributed by atoms with Crippen LogP contribution in [0.1, 0.15) is 51.5 Å². The van der Waals surface area contributed by atoms with Crippen molar-refractivity contribution >= 4 is 37.9 Å². The zero-order chi connectivity index (χ0) is 22.6. The fraction of sp³-hybridized carbons (Fsp3) is 0.269. The van der Waals surface area contributed by atoms with Gasteiger partial charge in [0.15, 0.2) is 5.78 Å². The first-order valence-electron chi connectivity index (χ1n) is 10.8. The van der Waals surface area contributed by atoms with E-state index < -0.39 is 9.84 Å². The van der Waals surface area contributed by atoms with E-state index in [2.05, 4.69) is 40.8 Å². The normalized spacial score (nSPS) is 12.8. The van der Waals surface area contributed by atoms with E-state index >= 15 is 0 Å². The van der Waals surface area contributed by atoms with Crippen LogP contribution in [-0.2, 0) is 16.3 Å². The lowest BCUT2D eigenvalue weighted by molar-refractivity contribution is 0.0978. The molecule has 1 N–H and O–H groups in total. The Morgan fingerprint density at radius 2 is 1.81 bits per heavy atom. The Hall–Kier alpha value is -2.70. The summed E-state index contributed by atoms with van der Waals surface area (Å²) in [6.45, 7) is 0. The predicted molar refractivity (Wildman–Crippen MR) is 132 cm³/mol. The van der Waals surface area contributed by atoms with E-state index in [4.69, 9.17) is 0 Å². The lowest BCUT2D eigenvalue weighted by atomic mass is 9.90. The first kappa shape index (κ1) is 22.5. The van der Waals surface area contributed by atoms with Crippen molar-refractivity contribution in [1.82, 2.24) is 4.98 Å². The van der Waals surface area contributed by atoms with E-state index in [0.29, 0.717) is 24.8 Å². The summed E-state index contributed by atoms with van der Waals surface area (Å²) in [7, 11) is -2.94. The molecule has 0 aliphatic carbocycles. The van der Waals surface area contributed by atoms with Gasteiger partial charge in [-0.25, -0.2) is 8.42 Å². The monoisotopic (exact) mass is 465 g/mol. The molecule has 0 amide bonds. The highest BCUT2D eigenvalue weighted by Gasteiger charge is 2.20. The molecule has 0 spiro atoms. The van der Waals surface area contributed by atoms with Gasteiger partial charge in [0.05, 0.1) is 5.75 Å². The van der Waals surface area contributed by atoms with Crippen molar-refractivity contribution in [2.75, 3.05) is 12.0 Å². The molecule has 4 aromatic rings. The lowest BCUT2D eigenvalue weighted by Gasteiger charge is -2.15. The number of carbonyl (C=O) groups is 1. The standard InChI is InChI=1S/C26H27NO3S2/c1-32(29,30)17-5-6-19-10-12-20(13-11-19)25(28)15-14-22(26-9-4-16-31-26)23-18-27-24-8-3-2-7-21(23)24/h2-4,7-13,16,18,22,27H,5-6,14-15,17H2,1H3/t22-/m0/s1. The van der Waals surface area contributed by atoms with Gasteiger partial charge in [-0.05, 0) is 47.9 Å². The van der Waals surface area contributed by atoms with Crippen molar-refractivity contribution < 1.29 is 13.2 Å². The Balaban J connectivity index is 1.44. The molecule has 2 aromatic heterocycles. The van der Waals surface area contributed by atoms with Gasteiger partial charge in [0.2, 0.25) is 0 Å². The number of ketones is 1. The van der Waals surface area contributed by atoms with Crippen LogP contribution in [0, 0.1) is 0 Å². The van der Waals surface area contributed by atoms with Crippen LogP contribution in [0.15, 0.2) is 72.2 Å². The molecule has 0 radical (unpaired) electrons. The lowest BCUT2D eigenvalue weighted by Crippen LogP contribution is -2.06. The number of benzene rings is 2. The minimum Gasteiger partial charge on any atom is -0.361 e. The number of hydrogen-bond donors (Lipinski definition) is 1. The summed E-state index contributed by atoms with van der Waals surface area (Å²) < 4.78 is 22.6. The van der Waals surface area contributed by atoms with Gasteiger partial charge in [-0.3, -0.25) is 4.79 Å². The second-order valence-corrected chi connectivity index (χ2v) is 11.5. The summed E-state index contributed by atoms with van der Waals surface area (Å²) in [4.78, 5) is 17.6. The Morgan fingerprint density at radius 3 is 2.53 bits per heavy atom. The van der Waals surface area contributed by atoms with Gasteiger partial charge in [-0.2, -0.15) is 0 Å². The Labute approximate surface area is 193 Å². The SMILES string of the molecule is CS(=O)(=O)CCCc1ccc(C(=O)CC[C@H](c2cccs2)c2c[nH]c3ccccc23)cc1. The van der Waals surface area contributed by atoms with Gasteiger partial charge < -0.3 is 4.98 Å². The highest BCUT2D eigenvalue weighted by molar-refractivity contribution is 7.90. The van der Waals surface area contributed by atoms with E-state index in [0.717, 1.165) is 17.5 Å². The summed E-state index contributed by atoms with van der Waals surface area (Å²) in [5.74, 6) is 0.491. The largest absolute Gasteiger partial charge is 0.361 e. The molecule has 0 saturated carbocycles. The molecule has 0 aliphatic rings. The van der Waals surface area contributed by atoms with Gasteiger partial charge in [-0.1, -0.05) is 48.5 Å². The topological polar surface area (TPSA) is 67.0 Å². The number of Topliss-reactive ketones (excluding diaryl/α,β-unsaturated/α-hetero) is 1. The molecule has 2 aromatic carbocycles. The molecule has 2 heterocycles. The van der Waals surface area contributed by atoms with Crippen LogP contribution in [0.5, 0.6) is 0 Å². The number of sulfone groups is 1. The molecule has 0 aliphatic heterocycles. The summed E-state index contributed by atoms with van der Waals surface area (Å²) in [6.07, 6.45) is 5.84. The molecule has 1 atom stereocenters. The first-order valence-corrected chi connectivity index (χ1v) is 13.7. The Bertz CT molecular complexity index is 1290. The Morgan fingerprint density at radius 1 is 1.03 bits per heavy atom. The number of aromatic amines is 1. The van der Waals surface area contributed by atoms with Crippen LogP contribution in [0.4, 0.5) is 0 Å². The van der Waals surface area contributed by atoms with E-state index in [1.165, 1.54) is 22.1 Å². The van der Waals surface area contributed by atoms with Crippen LogP contribution < -0.4 is 0 Å². The van der Waals surface area contributed by atoms with Gasteiger partial charge in [0, 0.05) is 46.1 Å². The molecule has 0 saturated heterocycles. The zero-order valence-electron chi connectivity index (χ0n) is 18.1. The molecule has 0 fully saturated rings. The number of hydrogen-bond acceptors (Lipinski definition) is 4. The van der Waals surface area contributed by atoms with Crippen molar-refractivity contribution in [3.8, 4) is 0 Å². The van der Waals surface area contributed by atoms with Gasteiger partial charge in [-0.15, -0.1) is 11.3 Å². The smallest absolute Gasteiger partial charge is 0.162 e.